The van der Waals surface area contributed by atoms with Crippen LogP contribution >= 0.6 is 0 Å². The molecule has 0 bridgehead atoms. The van der Waals surface area contributed by atoms with E-state index in [1.807, 2.05) is 0 Å². The summed E-state index contributed by atoms with van der Waals surface area (Å²) < 4.78 is 4.96. The number of fused-ring (bicyclic) bond motifs is 10. The van der Waals surface area contributed by atoms with Gasteiger partial charge in [0.05, 0.1) is 33.4 Å². The van der Waals surface area contributed by atoms with Crippen LogP contribution in [0.2, 0.25) is 0 Å². The average molecular weight is 1280 g/mol. The third-order valence-corrected chi connectivity index (χ3v) is 21.2. The van der Waals surface area contributed by atoms with Gasteiger partial charge in [0.2, 0.25) is 0 Å². The van der Waals surface area contributed by atoms with Crippen molar-refractivity contribution >= 4 is 101 Å². The van der Waals surface area contributed by atoms with Crippen LogP contribution in [0.5, 0.6) is 0 Å². The second-order valence-corrected chi connectivity index (χ2v) is 26.6. The molecule has 0 atom stereocenters. The molecule has 0 radical (unpaired) electrons. The maximum absolute atomic E-state index is 2.64. The molecule has 4 heterocycles. The number of rotatable bonds is 11. The van der Waals surface area contributed by atoms with Crippen molar-refractivity contribution in [1.82, 2.24) is 9.13 Å². The van der Waals surface area contributed by atoms with E-state index in [0.29, 0.717) is 0 Å². The summed E-state index contributed by atoms with van der Waals surface area (Å²) in [5.41, 5.74) is 33.3. The Balaban J connectivity index is 0.901. The molecule has 0 fully saturated rings. The smallest absolute Gasteiger partial charge is 0.252 e. The highest BCUT2D eigenvalue weighted by molar-refractivity contribution is 7.00. The highest BCUT2D eigenvalue weighted by Crippen LogP contribution is 2.53. The van der Waals surface area contributed by atoms with Gasteiger partial charge in [-0.1, -0.05) is 309 Å². The molecule has 0 saturated heterocycles. The van der Waals surface area contributed by atoms with Gasteiger partial charge in [-0.15, -0.1) is 0 Å². The summed E-state index contributed by atoms with van der Waals surface area (Å²) in [5, 5.41) is 4.89. The molecule has 5 heteroatoms. The predicted molar refractivity (Wildman–Crippen MR) is 427 cm³/mol. The number of hydrogen-bond donors (Lipinski definition) is 0. The highest BCUT2D eigenvalue weighted by Gasteiger charge is 2.45. The molecular formula is C96H63BN4. The minimum Gasteiger partial charge on any atom is -0.311 e. The van der Waals surface area contributed by atoms with Crippen molar-refractivity contribution < 1.29 is 0 Å². The Bertz CT molecular complexity index is 5840. The molecule has 2 aliphatic rings. The Morgan fingerprint density at radius 2 is 0.455 bits per heavy atom. The Kier molecular flexibility index (Phi) is 13.7. The van der Waals surface area contributed by atoms with Gasteiger partial charge in [0.15, 0.2) is 0 Å². The molecule has 0 amide bonds. The molecule has 16 aromatic carbocycles. The summed E-state index contributed by atoms with van der Waals surface area (Å²) in [5.74, 6) is 0. The van der Waals surface area contributed by atoms with E-state index in [0.717, 1.165) is 112 Å². The fourth-order valence-electron chi connectivity index (χ4n) is 16.8. The van der Waals surface area contributed by atoms with Crippen LogP contribution < -0.4 is 26.2 Å². The summed E-state index contributed by atoms with van der Waals surface area (Å²) >= 11 is 0. The largest absolute Gasteiger partial charge is 0.311 e. The third kappa shape index (κ3) is 9.32. The van der Waals surface area contributed by atoms with Crippen LogP contribution in [-0.4, -0.2) is 15.8 Å². The zero-order valence-corrected chi connectivity index (χ0v) is 55.2. The molecule has 2 aromatic heterocycles. The zero-order valence-electron chi connectivity index (χ0n) is 55.2. The van der Waals surface area contributed by atoms with Gasteiger partial charge in [-0.3, -0.25) is 0 Å². The molecule has 2 aliphatic heterocycles. The van der Waals surface area contributed by atoms with Crippen molar-refractivity contribution in [3.63, 3.8) is 0 Å². The van der Waals surface area contributed by atoms with Crippen molar-refractivity contribution in [1.29, 1.82) is 0 Å². The van der Waals surface area contributed by atoms with Gasteiger partial charge in [0.1, 0.15) is 0 Å². The van der Waals surface area contributed by atoms with Crippen molar-refractivity contribution in [2.24, 2.45) is 0 Å². The predicted octanol–water partition coefficient (Wildman–Crippen LogP) is 23.6. The molecule has 0 saturated carbocycles. The monoisotopic (exact) mass is 1280 g/mol. The first kappa shape index (κ1) is 58.0. The summed E-state index contributed by atoms with van der Waals surface area (Å²) in [6, 6.07) is 142. The van der Waals surface area contributed by atoms with Gasteiger partial charge in [-0.05, 0) is 156 Å². The molecule has 18 aromatic rings. The van der Waals surface area contributed by atoms with Crippen molar-refractivity contribution in [2.45, 2.75) is 0 Å². The Hall–Kier alpha value is -13.2. The zero-order chi connectivity index (χ0) is 66.5. The lowest BCUT2D eigenvalue weighted by Gasteiger charge is -2.45. The molecule has 0 aliphatic carbocycles. The maximum atomic E-state index is 2.64. The first-order valence-electron chi connectivity index (χ1n) is 34.9. The molecule has 101 heavy (non-hydrogen) atoms. The van der Waals surface area contributed by atoms with E-state index >= 15 is 0 Å². The average Bonchev–Trinajstić information content (AvgIpc) is 1.48. The lowest BCUT2D eigenvalue weighted by atomic mass is 9.33. The number of benzene rings is 16. The summed E-state index contributed by atoms with van der Waals surface area (Å²) in [7, 11) is 0. The van der Waals surface area contributed by atoms with Crippen molar-refractivity contribution in [3.05, 3.63) is 382 Å². The quantitative estimate of drug-likeness (QED) is 0.120. The third-order valence-electron chi connectivity index (χ3n) is 21.2. The summed E-state index contributed by atoms with van der Waals surface area (Å²) in [6.45, 7) is -0.226. The lowest BCUT2D eigenvalue weighted by molar-refractivity contribution is 1.17. The Morgan fingerprint density at radius 3 is 0.822 bits per heavy atom. The molecule has 4 nitrogen and oxygen atoms in total. The number of nitrogens with zero attached hydrogens (tertiary/aromatic N) is 4. The fraction of sp³-hybridized carbons (Fsp3) is 0. The van der Waals surface area contributed by atoms with Gasteiger partial charge < -0.3 is 18.9 Å². The maximum Gasteiger partial charge on any atom is 0.252 e. The SMILES string of the molecule is c1ccc(-c2cc3c4c(c2)N(c2ccccc2-c2ccccc2-c2ccccc2-c2ccccc2)c2cc(-n5c6ccccc6c6ccccc65)ccc2B4c2ccc(-n4c5ccccc5c5ccccc54)cc2N3c2ccccc2-c2ccccc2-c2ccccc2-c2ccccc2)cc1. The number of anilines is 6. The molecule has 0 unspecified atom stereocenters. The van der Waals surface area contributed by atoms with E-state index in [9.17, 15) is 0 Å². The molecule has 0 spiro atoms. The second-order valence-electron chi connectivity index (χ2n) is 26.6. The summed E-state index contributed by atoms with van der Waals surface area (Å²) in [6.07, 6.45) is 0. The van der Waals surface area contributed by atoms with Crippen LogP contribution in [0.15, 0.2) is 382 Å². The van der Waals surface area contributed by atoms with E-state index in [-0.39, 0.29) is 6.71 Å². The van der Waals surface area contributed by atoms with Crippen LogP contribution in [0.1, 0.15) is 0 Å². The fourth-order valence-corrected chi connectivity index (χ4v) is 16.8. The second kappa shape index (κ2) is 23.8. The van der Waals surface area contributed by atoms with Crippen LogP contribution in [0.4, 0.5) is 34.1 Å². The standard InChI is InChI=1S/C96H63BN4/c1-4-30-64(31-5-1)67-60-94-96-95(61-67)101(91-55-29-19-45-79(91)77-43-17-15-41-75(77)73-39-13-11-37-71(73)66-34-8-3-9-35-66)93-63-69(99-88-52-26-22-48-82(88)83-49-23-27-53-89(83)99)57-59-85(93)97(96)84-58-56-68(98-86-50-24-20-46-80(86)81-47-21-25-51-87(81)98)62-92(84)100(94)90-54-28-18-44-78(90)76-42-16-14-40-74(76)72-38-12-10-36-70(72)65-32-6-2-7-33-65/h1-63H. The van der Waals surface area contributed by atoms with Gasteiger partial charge in [-0.2, -0.15) is 0 Å². The molecule has 470 valence electrons. The molecule has 20 rings (SSSR count). The van der Waals surface area contributed by atoms with Crippen LogP contribution in [0.25, 0.3) is 133 Å². The van der Waals surface area contributed by atoms with Crippen LogP contribution in [0, 0.1) is 0 Å². The van der Waals surface area contributed by atoms with E-state index in [1.54, 1.807) is 0 Å². The topological polar surface area (TPSA) is 16.3 Å². The number of aromatic nitrogens is 2. The number of para-hydroxylation sites is 6. The first-order valence-corrected chi connectivity index (χ1v) is 34.9. The lowest BCUT2D eigenvalue weighted by Crippen LogP contribution is -2.61. The Labute approximate surface area is 587 Å². The minimum absolute atomic E-state index is 0.226. The molecule has 0 N–H and O–H groups in total. The van der Waals surface area contributed by atoms with E-state index < -0.39 is 0 Å². The van der Waals surface area contributed by atoms with Gasteiger partial charge in [0.25, 0.3) is 6.71 Å². The van der Waals surface area contributed by atoms with Gasteiger partial charge >= 0.3 is 0 Å². The van der Waals surface area contributed by atoms with Crippen molar-refractivity contribution in [2.75, 3.05) is 9.80 Å². The van der Waals surface area contributed by atoms with Gasteiger partial charge in [0, 0.05) is 66.8 Å². The first-order chi connectivity index (χ1) is 50.2. The summed E-state index contributed by atoms with van der Waals surface area (Å²) in [4.78, 5) is 5.28. The normalized spacial score (nSPS) is 12.3. The van der Waals surface area contributed by atoms with E-state index in [4.69, 9.17) is 0 Å². The molecular weight excluding hydrogens is 1220 g/mol. The van der Waals surface area contributed by atoms with Gasteiger partial charge in [-0.25, -0.2) is 0 Å². The van der Waals surface area contributed by atoms with E-state index in [2.05, 4.69) is 401 Å². The minimum atomic E-state index is -0.226. The number of hydrogen-bond acceptors (Lipinski definition) is 2. The highest BCUT2D eigenvalue weighted by atomic mass is 15.2. The van der Waals surface area contributed by atoms with Crippen LogP contribution in [-0.2, 0) is 0 Å². The van der Waals surface area contributed by atoms with Crippen molar-refractivity contribution in [3.8, 4) is 89.3 Å². The van der Waals surface area contributed by atoms with E-state index in [1.165, 1.54) is 71.3 Å². The Morgan fingerprint density at radius 1 is 0.178 bits per heavy atom. The van der Waals surface area contributed by atoms with Crippen LogP contribution in [0.3, 0.4) is 0 Å².